The summed E-state index contributed by atoms with van der Waals surface area (Å²) in [6, 6.07) is 139. The van der Waals surface area contributed by atoms with Crippen molar-refractivity contribution in [3.63, 3.8) is 0 Å². The molecule has 21 rings (SSSR count). The Hall–Kier alpha value is -17.1. The summed E-state index contributed by atoms with van der Waals surface area (Å²) in [7, 11) is 0. The van der Waals surface area contributed by atoms with E-state index < -0.39 is 0 Å². The summed E-state index contributed by atoms with van der Waals surface area (Å²) in [6.45, 7) is 6.20. The van der Waals surface area contributed by atoms with Crippen LogP contribution in [0.1, 0.15) is 24.0 Å². The van der Waals surface area contributed by atoms with Crippen molar-refractivity contribution in [2.45, 2.75) is 12.8 Å². The van der Waals surface area contributed by atoms with E-state index in [9.17, 15) is 0 Å². The molecule has 0 bridgehead atoms. The molecule has 1 unspecified atom stereocenters. The molecule has 6 aromatic heterocycles. The van der Waals surface area contributed by atoms with Gasteiger partial charge in [0.25, 0.3) is 0 Å². The van der Waals surface area contributed by atoms with Crippen molar-refractivity contribution < 1.29 is 0 Å². The van der Waals surface area contributed by atoms with Gasteiger partial charge in [-0.1, -0.05) is 274 Å². The number of aromatic nitrogens is 6. The molecular weight excluding hydrogens is 1570 g/mol. The van der Waals surface area contributed by atoms with Crippen LogP contribution < -0.4 is 14.7 Å². The quantitative estimate of drug-likeness (QED) is 0.0459. The molecule has 0 amide bonds. The van der Waals surface area contributed by atoms with Gasteiger partial charge < -0.3 is 14.7 Å². The number of hydrogen-bond acceptors (Lipinski definition) is 9. The maximum absolute atomic E-state index is 5.21. The molecule has 0 aliphatic heterocycles. The molecular formula is C120H85N9. The third-order valence-corrected chi connectivity index (χ3v) is 24.5. The zero-order valence-electron chi connectivity index (χ0n) is 70.9. The number of rotatable bonds is 23. The first-order valence-corrected chi connectivity index (χ1v) is 43.5. The van der Waals surface area contributed by atoms with Crippen molar-refractivity contribution in [1.82, 2.24) is 29.9 Å². The number of pyridine rings is 6. The van der Waals surface area contributed by atoms with Gasteiger partial charge in [-0.3, -0.25) is 29.9 Å². The molecule has 9 heteroatoms. The molecule has 21 aromatic rings. The predicted molar refractivity (Wildman–Crippen MR) is 538 cm³/mol. The number of fused-ring (bicyclic) bond motifs is 4. The molecule has 0 radical (unpaired) electrons. The average Bonchev–Trinajstić information content (AvgIpc) is 0.724. The minimum atomic E-state index is -0.150. The molecule has 610 valence electrons. The molecule has 6 heterocycles. The summed E-state index contributed by atoms with van der Waals surface area (Å²) in [5.74, 6) is -0.150. The molecule has 0 fully saturated rings. The smallest absolute Gasteiger partial charge is 0.0651 e. The van der Waals surface area contributed by atoms with Gasteiger partial charge in [-0.2, -0.15) is 0 Å². The van der Waals surface area contributed by atoms with E-state index in [0.717, 1.165) is 211 Å². The van der Waals surface area contributed by atoms with Gasteiger partial charge in [0.2, 0.25) is 0 Å². The van der Waals surface area contributed by atoms with Crippen LogP contribution in [0.15, 0.2) is 493 Å². The molecule has 9 nitrogen and oxygen atoms in total. The van der Waals surface area contributed by atoms with E-state index in [2.05, 4.69) is 425 Å². The first-order chi connectivity index (χ1) is 63.9. The Balaban J connectivity index is 0.751. The Kier molecular flexibility index (Phi) is 21.8. The highest BCUT2D eigenvalue weighted by Crippen LogP contribution is 2.53. The van der Waals surface area contributed by atoms with E-state index in [1.165, 1.54) is 0 Å². The largest absolute Gasteiger partial charge is 0.310 e. The van der Waals surface area contributed by atoms with Crippen molar-refractivity contribution in [2.75, 3.05) is 14.7 Å². The van der Waals surface area contributed by atoms with Gasteiger partial charge in [-0.15, -0.1) is 0 Å². The summed E-state index contributed by atoms with van der Waals surface area (Å²) >= 11 is 0. The van der Waals surface area contributed by atoms with Crippen LogP contribution in [0.3, 0.4) is 0 Å². The second-order valence-corrected chi connectivity index (χ2v) is 32.2. The van der Waals surface area contributed by atoms with Crippen LogP contribution in [0.5, 0.6) is 0 Å². The molecule has 15 aromatic carbocycles. The maximum Gasteiger partial charge on any atom is 0.0651 e. The van der Waals surface area contributed by atoms with Crippen LogP contribution in [0, 0.1) is 0 Å². The standard InChI is InChI=1S/C120H85N9/c1-3-5-25-82(4-2)116(97-43-23-60-124-78-97)96-46-50-108-112(74-96)117(92-39-18-34-87(68-92)83-26-10-6-11-27-83)109-53-49-105(77-115(109)118(108)93-40-19-35-88(69-93)84-28-12-7-13-29-84)129(106-45-24-61-125-80-106)107-73-98(79-126-81-107)91-38-22-44-102(72-91)128(101-58-66-123-67-59-101)104-48-52-111-114(76-104)120(95-42-21-37-90(71-95)86-32-16-9-17-33-86)110-51-47-103(127(99-54-62-121-63-55-99)100-56-64-122-65-57-100)75-113(110)119(111)94-41-20-36-89(70-94)85-30-14-8-15-31-85/h3-81,116H,1H2,2H3/b25-5-,82-4+. The van der Waals surface area contributed by atoms with Crippen molar-refractivity contribution in [2.24, 2.45) is 0 Å². The van der Waals surface area contributed by atoms with Crippen LogP contribution in [0.25, 0.3) is 143 Å². The van der Waals surface area contributed by atoms with Crippen LogP contribution in [-0.2, 0) is 0 Å². The molecule has 0 aliphatic rings. The van der Waals surface area contributed by atoms with Gasteiger partial charge >= 0.3 is 0 Å². The average molecular weight is 1650 g/mol. The number of anilines is 9. The minimum Gasteiger partial charge on any atom is -0.310 e. The number of allylic oxidation sites excluding steroid dienone is 5. The third-order valence-electron chi connectivity index (χ3n) is 24.5. The van der Waals surface area contributed by atoms with Crippen LogP contribution >= 0.6 is 0 Å². The maximum atomic E-state index is 5.21. The fourth-order valence-corrected chi connectivity index (χ4v) is 18.7. The summed E-state index contributed by atoms with van der Waals surface area (Å²) < 4.78 is 0. The van der Waals surface area contributed by atoms with E-state index in [1.54, 1.807) is 0 Å². The van der Waals surface area contributed by atoms with Crippen LogP contribution in [-0.4, -0.2) is 29.9 Å². The zero-order valence-corrected chi connectivity index (χ0v) is 70.9. The highest BCUT2D eigenvalue weighted by molar-refractivity contribution is 6.25. The SMILES string of the molecule is C=C/C=C\C(=C/C)C(c1cccnc1)c1ccc2c(-c3cccc(-c4ccccc4)c3)c3cc(N(c4cccnc4)c4cncc(-c5cccc(N(c6ccncc6)c6ccc7c(-c8cccc(-c9ccccc9)c8)c8cc(N(c9ccncc9)c9ccncc9)ccc8c(-c8cccc(-c9ccccc9)c8)c7c6)c5)c4)ccc3c(-c3cccc(-c4ccccc4)c3)c2c1. The summed E-state index contributed by atoms with van der Waals surface area (Å²) in [6.07, 6.45) is 31.0. The lowest BCUT2D eigenvalue weighted by Crippen LogP contribution is -2.11. The predicted octanol–water partition coefficient (Wildman–Crippen LogP) is 31.9. The lowest BCUT2D eigenvalue weighted by Gasteiger charge is -2.28. The molecule has 0 saturated carbocycles. The fraction of sp³-hybridized carbons (Fsp3) is 0.0167. The molecule has 0 N–H and O–H groups in total. The van der Waals surface area contributed by atoms with Gasteiger partial charge in [0.05, 0.1) is 23.8 Å². The van der Waals surface area contributed by atoms with Gasteiger partial charge in [0.15, 0.2) is 0 Å². The topological polar surface area (TPSA) is 87.1 Å². The molecule has 0 saturated heterocycles. The Bertz CT molecular complexity index is 7710. The van der Waals surface area contributed by atoms with E-state index in [-0.39, 0.29) is 5.92 Å². The molecule has 0 aliphatic carbocycles. The summed E-state index contributed by atoms with van der Waals surface area (Å²) in [5.41, 5.74) is 31.5. The Labute approximate surface area is 751 Å². The van der Waals surface area contributed by atoms with Gasteiger partial charge in [-0.25, -0.2) is 0 Å². The van der Waals surface area contributed by atoms with E-state index in [0.29, 0.717) is 0 Å². The normalized spacial score (nSPS) is 11.8. The summed E-state index contributed by atoms with van der Waals surface area (Å²) in [4.78, 5) is 35.3. The van der Waals surface area contributed by atoms with Crippen LogP contribution in [0.4, 0.5) is 51.2 Å². The number of hydrogen-bond donors (Lipinski definition) is 0. The van der Waals surface area contributed by atoms with Crippen molar-refractivity contribution >= 4 is 94.3 Å². The minimum absolute atomic E-state index is 0.150. The highest BCUT2D eigenvalue weighted by Gasteiger charge is 2.28. The fourth-order valence-electron chi connectivity index (χ4n) is 18.7. The number of benzene rings is 15. The lowest BCUT2D eigenvalue weighted by molar-refractivity contribution is 0.962. The van der Waals surface area contributed by atoms with E-state index in [1.807, 2.05) is 98.6 Å². The first kappa shape index (κ1) is 79.1. The van der Waals surface area contributed by atoms with E-state index >= 15 is 0 Å². The Morgan fingerprint density at radius 2 is 0.558 bits per heavy atom. The Morgan fingerprint density at radius 3 is 0.953 bits per heavy atom. The highest BCUT2D eigenvalue weighted by atomic mass is 15.2. The molecule has 0 spiro atoms. The van der Waals surface area contributed by atoms with Crippen molar-refractivity contribution in [3.8, 4) is 100 Å². The zero-order chi connectivity index (χ0) is 86.4. The molecule has 129 heavy (non-hydrogen) atoms. The summed E-state index contributed by atoms with van der Waals surface area (Å²) in [5, 5.41) is 8.79. The monoisotopic (exact) mass is 1650 g/mol. The Morgan fingerprint density at radius 1 is 0.225 bits per heavy atom. The van der Waals surface area contributed by atoms with Gasteiger partial charge in [0, 0.05) is 113 Å². The van der Waals surface area contributed by atoms with Gasteiger partial charge in [0.1, 0.15) is 0 Å². The molecule has 1 atom stereocenters. The van der Waals surface area contributed by atoms with Crippen molar-refractivity contribution in [3.05, 3.63) is 504 Å². The second-order valence-electron chi connectivity index (χ2n) is 32.2. The van der Waals surface area contributed by atoms with Crippen LogP contribution in [0.2, 0.25) is 0 Å². The first-order valence-electron chi connectivity index (χ1n) is 43.5. The lowest BCUT2D eigenvalue weighted by atomic mass is 9.80. The number of nitrogens with zero attached hydrogens (tertiary/aromatic N) is 9. The third kappa shape index (κ3) is 15.7. The second kappa shape index (κ2) is 35.6. The van der Waals surface area contributed by atoms with Gasteiger partial charge in [-0.05, 0) is 301 Å². The van der Waals surface area contributed by atoms with Crippen molar-refractivity contribution in [1.29, 1.82) is 0 Å². The van der Waals surface area contributed by atoms with E-state index in [4.69, 9.17) is 15.0 Å².